The summed E-state index contributed by atoms with van der Waals surface area (Å²) in [6, 6.07) is 0. The zero-order valence-corrected chi connectivity index (χ0v) is 8.14. The van der Waals surface area contributed by atoms with E-state index in [1.165, 1.54) is 0 Å². The first-order valence-corrected chi connectivity index (χ1v) is 6.05. The van der Waals surface area contributed by atoms with Gasteiger partial charge in [0.2, 0.25) is 11.9 Å². The summed E-state index contributed by atoms with van der Waals surface area (Å²) in [4.78, 5) is 0. The molecule has 0 bridgehead atoms. The van der Waals surface area contributed by atoms with Crippen LogP contribution in [-0.4, -0.2) is 29.4 Å². The minimum atomic E-state index is -2.60. The molecule has 0 saturated heterocycles. The van der Waals surface area contributed by atoms with Gasteiger partial charge in [-0.2, -0.15) is 0 Å². The normalized spacial score (nSPS) is 17.0. The molecule has 2 atom stereocenters. The highest BCUT2D eigenvalue weighted by atomic mass is 32.2. The second-order valence-electron chi connectivity index (χ2n) is 1.36. The third-order valence-electron chi connectivity index (χ3n) is 0.518. The summed E-state index contributed by atoms with van der Waals surface area (Å²) in [7, 11) is -2.60. The van der Waals surface area contributed by atoms with Gasteiger partial charge in [0.15, 0.2) is 22.2 Å². The molecule has 0 spiro atoms. The standard InChI is InChI=1S/C2H5O7PS2/c3-10(8-1-11(4)5)9-2-12(6)7/h1-2H2,(H-,4,5,6,7)/p+1. The Bertz CT molecular complexity index is 184. The van der Waals surface area contributed by atoms with Crippen molar-refractivity contribution in [2.45, 2.75) is 0 Å². The molecule has 0 saturated carbocycles. The van der Waals surface area contributed by atoms with E-state index in [-0.39, 0.29) is 0 Å². The van der Waals surface area contributed by atoms with Gasteiger partial charge in [0.05, 0.1) is 0 Å². The van der Waals surface area contributed by atoms with Crippen molar-refractivity contribution < 1.29 is 31.1 Å². The lowest BCUT2D eigenvalue weighted by Gasteiger charge is -1.85. The molecule has 0 radical (unpaired) electrons. The van der Waals surface area contributed by atoms with E-state index >= 15 is 0 Å². The van der Waals surface area contributed by atoms with E-state index in [1.54, 1.807) is 0 Å². The first-order valence-electron chi connectivity index (χ1n) is 2.40. The van der Waals surface area contributed by atoms with Crippen LogP contribution in [0.25, 0.3) is 0 Å². The topological polar surface area (TPSA) is 110 Å². The second-order valence-corrected chi connectivity index (χ2v) is 4.08. The Morgan fingerprint density at radius 3 is 1.67 bits per heavy atom. The van der Waals surface area contributed by atoms with E-state index in [0.717, 1.165) is 0 Å². The molecular weight excluding hydrogens is 231 g/mol. The fraction of sp³-hybridized carbons (Fsp3) is 1.00. The molecule has 0 aliphatic heterocycles. The maximum Gasteiger partial charge on any atom is 0.699 e. The van der Waals surface area contributed by atoms with Crippen molar-refractivity contribution in [3.63, 3.8) is 0 Å². The fourth-order valence-electron chi connectivity index (χ4n) is 0.214. The lowest BCUT2D eigenvalue weighted by Crippen LogP contribution is -1.99. The van der Waals surface area contributed by atoms with Gasteiger partial charge in [0.1, 0.15) is 0 Å². The molecule has 0 aromatic rings. The summed E-state index contributed by atoms with van der Waals surface area (Å²) < 4.78 is 54.9. The molecule has 0 aliphatic carbocycles. The zero-order valence-electron chi connectivity index (χ0n) is 5.61. The molecular formula is C2H6O7PS2+. The molecule has 72 valence electrons. The third-order valence-corrected chi connectivity index (χ3v) is 2.19. The van der Waals surface area contributed by atoms with Crippen LogP contribution in [0.1, 0.15) is 0 Å². The molecule has 0 heterocycles. The highest BCUT2D eigenvalue weighted by Gasteiger charge is 2.22. The van der Waals surface area contributed by atoms with E-state index in [2.05, 4.69) is 9.05 Å². The van der Waals surface area contributed by atoms with Crippen molar-refractivity contribution in [1.29, 1.82) is 0 Å². The maximum absolute atomic E-state index is 10.5. The lowest BCUT2D eigenvalue weighted by molar-refractivity contribution is 0.273. The monoisotopic (exact) mass is 237 g/mol. The predicted molar refractivity (Wildman–Crippen MR) is 41.1 cm³/mol. The molecule has 2 N–H and O–H groups in total. The highest BCUT2D eigenvalue weighted by Crippen LogP contribution is 2.23. The number of hydrogen-bond acceptors (Lipinski definition) is 5. The van der Waals surface area contributed by atoms with Crippen LogP contribution in [0.2, 0.25) is 0 Å². The van der Waals surface area contributed by atoms with Crippen LogP contribution in [0.4, 0.5) is 0 Å². The molecule has 10 heteroatoms. The first kappa shape index (κ1) is 12.2. The van der Waals surface area contributed by atoms with Gasteiger partial charge >= 0.3 is 8.25 Å². The van der Waals surface area contributed by atoms with Crippen molar-refractivity contribution >= 4 is 30.4 Å². The highest BCUT2D eigenvalue weighted by molar-refractivity contribution is 7.79. The molecule has 0 fully saturated rings. The summed E-state index contributed by atoms with van der Waals surface area (Å²) in [5, 5.41) is 0. The van der Waals surface area contributed by atoms with E-state index < -0.39 is 42.3 Å². The minimum Gasteiger partial charge on any atom is -0.304 e. The summed E-state index contributed by atoms with van der Waals surface area (Å²) in [6.07, 6.45) is 0. The fourth-order valence-corrected chi connectivity index (χ4v) is 1.70. The smallest absolute Gasteiger partial charge is 0.304 e. The second kappa shape index (κ2) is 6.72. The van der Waals surface area contributed by atoms with Crippen molar-refractivity contribution in [2.75, 3.05) is 11.9 Å². The summed E-state index contributed by atoms with van der Waals surface area (Å²) in [6.45, 7) is 0. The van der Waals surface area contributed by atoms with E-state index in [9.17, 15) is 13.0 Å². The number of hydrogen-bond donors (Lipinski definition) is 2. The molecule has 0 amide bonds. The molecule has 0 aliphatic rings. The Balaban J connectivity index is 3.47. The quantitative estimate of drug-likeness (QED) is 0.495. The van der Waals surface area contributed by atoms with Crippen LogP contribution in [0.5, 0.6) is 0 Å². The van der Waals surface area contributed by atoms with Crippen LogP contribution in [0.15, 0.2) is 0 Å². The van der Waals surface area contributed by atoms with Crippen LogP contribution >= 0.6 is 8.25 Å². The first-order chi connectivity index (χ1) is 5.52. The molecule has 7 nitrogen and oxygen atoms in total. The third kappa shape index (κ3) is 8.34. The van der Waals surface area contributed by atoms with Crippen molar-refractivity contribution in [3.8, 4) is 0 Å². The molecule has 0 aromatic heterocycles. The van der Waals surface area contributed by atoms with Gasteiger partial charge in [0, 0.05) is 4.57 Å². The van der Waals surface area contributed by atoms with Crippen molar-refractivity contribution in [2.24, 2.45) is 0 Å². The maximum atomic E-state index is 10.5. The van der Waals surface area contributed by atoms with Gasteiger partial charge in [-0.25, -0.2) is 8.42 Å². The predicted octanol–water partition coefficient (Wildman–Crippen LogP) is 0.0354. The van der Waals surface area contributed by atoms with Crippen molar-refractivity contribution in [3.05, 3.63) is 0 Å². The minimum absolute atomic E-state index is 0.659. The Hall–Kier alpha value is 0.240. The van der Waals surface area contributed by atoms with Gasteiger partial charge in [-0.15, -0.1) is 9.05 Å². The Morgan fingerprint density at radius 1 is 1.08 bits per heavy atom. The Labute approximate surface area is 74.0 Å². The van der Waals surface area contributed by atoms with E-state index in [0.29, 0.717) is 0 Å². The van der Waals surface area contributed by atoms with Crippen LogP contribution in [0.3, 0.4) is 0 Å². The van der Waals surface area contributed by atoms with Gasteiger partial charge in [-0.3, -0.25) is 0 Å². The largest absolute Gasteiger partial charge is 0.699 e. The van der Waals surface area contributed by atoms with E-state index in [1.807, 2.05) is 0 Å². The Kier molecular flexibility index (Phi) is 6.86. The summed E-state index contributed by atoms with van der Waals surface area (Å²) in [5.74, 6) is -1.32. The lowest BCUT2D eigenvalue weighted by atomic mass is 11.7. The van der Waals surface area contributed by atoms with Gasteiger partial charge in [0.25, 0.3) is 0 Å². The average Bonchev–Trinajstić information content (AvgIpc) is 1.96. The average molecular weight is 237 g/mol. The SMILES string of the molecule is O=[P+](OCS(=O)O)OCS(=O)O. The van der Waals surface area contributed by atoms with Crippen molar-refractivity contribution in [1.82, 2.24) is 0 Å². The summed E-state index contributed by atoms with van der Waals surface area (Å²) >= 11 is -4.45. The van der Waals surface area contributed by atoms with Crippen LogP contribution in [-0.2, 0) is 35.8 Å². The zero-order chi connectivity index (χ0) is 9.56. The number of rotatable bonds is 6. The van der Waals surface area contributed by atoms with Gasteiger partial charge in [-0.05, 0) is 0 Å². The van der Waals surface area contributed by atoms with E-state index in [4.69, 9.17) is 9.11 Å². The molecule has 12 heavy (non-hydrogen) atoms. The summed E-state index contributed by atoms with van der Waals surface area (Å²) in [5.41, 5.74) is 0. The van der Waals surface area contributed by atoms with Gasteiger partial charge in [-0.1, -0.05) is 0 Å². The van der Waals surface area contributed by atoms with Crippen LogP contribution in [0, 0.1) is 0 Å². The van der Waals surface area contributed by atoms with Crippen LogP contribution < -0.4 is 0 Å². The molecule has 0 rings (SSSR count). The van der Waals surface area contributed by atoms with Gasteiger partial charge < -0.3 is 9.11 Å². The molecule has 0 aromatic carbocycles. The Morgan fingerprint density at radius 2 is 1.42 bits per heavy atom. The molecule has 2 unspecified atom stereocenters.